The number of alkyl halides is 4. The van der Waals surface area contributed by atoms with Crippen LogP contribution >= 0.6 is 34.8 Å². The number of benzene rings is 1. The molecule has 0 bridgehead atoms. The van der Waals surface area contributed by atoms with Crippen molar-refractivity contribution in [2.45, 2.75) is 10.8 Å². The molecular weight excluding hydrogens is 292 g/mol. The lowest BCUT2D eigenvalue weighted by atomic mass is 10.2. The Balaban J connectivity index is 2.65. The number of halogens is 5. The molecule has 2 rings (SSSR count). The summed E-state index contributed by atoms with van der Waals surface area (Å²) >= 11 is 16.2. The molecule has 0 aliphatic heterocycles. The van der Waals surface area contributed by atoms with Crippen molar-refractivity contribution in [2.75, 3.05) is 0 Å². The first-order valence-corrected chi connectivity index (χ1v) is 5.76. The van der Waals surface area contributed by atoms with Gasteiger partial charge in [-0.3, -0.25) is 0 Å². The molecular formula is C10H5Cl3F2N2. The van der Waals surface area contributed by atoms with E-state index >= 15 is 0 Å². The van der Waals surface area contributed by atoms with Crippen LogP contribution in [0.2, 0.25) is 5.15 Å². The van der Waals surface area contributed by atoms with E-state index in [1.54, 1.807) is 24.3 Å². The van der Waals surface area contributed by atoms with Crippen LogP contribution in [0.15, 0.2) is 24.3 Å². The fourth-order valence-corrected chi connectivity index (χ4v) is 1.72. The van der Waals surface area contributed by atoms with Crippen LogP contribution in [-0.2, 0) is 5.92 Å². The third-order valence-electron chi connectivity index (χ3n) is 2.13. The van der Waals surface area contributed by atoms with E-state index in [-0.39, 0.29) is 5.15 Å². The molecule has 0 saturated carbocycles. The van der Waals surface area contributed by atoms with Crippen LogP contribution in [0.4, 0.5) is 8.78 Å². The Morgan fingerprint density at radius 2 is 1.76 bits per heavy atom. The molecule has 0 spiro atoms. The zero-order valence-electron chi connectivity index (χ0n) is 8.17. The second-order valence-electron chi connectivity index (χ2n) is 3.28. The minimum Gasteiger partial charge on any atom is -0.227 e. The summed E-state index contributed by atoms with van der Waals surface area (Å²) in [5.74, 6) is -4.33. The van der Waals surface area contributed by atoms with Gasteiger partial charge in [-0.15, -0.1) is 0 Å². The minimum atomic E-state index is -3.54. The van der Waals surface area contributed by atoms with Crippen molar-refractivity contribution in [3.8, 4) is 0 Å². The summed E-state index contributed by atoms with van der Waals surface area (Å²) < 4.78 is 27.1. The Bertz CT molecular complexity index is 560. The van der Waals surface area contributed by atoms with Gasteiger partial charge in [0.2, 0.25) is 5.82 Å². The quantitative estimate of drug-likeness (QED) is 0.614. The maximum absolute atomic E-state index is 13.5. The molecule has 0 N–H and O–H groups in total. The number of fused-ring (bicyclic) bond motifs is 1. The van der Waals surface area contributed by atoms with Crippen molar-refractivity contribution in [3.63, 3.8) is 0 Å². The smallest absolute Gasteiger partial charge is 0.227 e. The highest BCUT2D eigenvalue weighted by atomic mass is 35.5. The van der Waals surface area contributed by atoms with Gasteiger partial charge in [-0.25, -0.2) is 9.97 Å². The Kier molecular flexibility index (Phi) is 3.39. The maximum atomic E-state index is 13.5. The molecule has 0 amide bonds. The van der Waals surface area contributed by atoms with E-state index in [0.29, 0.717) is 10.9 Å². The standard InChI is InChI=1S/C10H5Cl3F2N2/c11-7-5-3-1-2-4-6(5)16-9(17-7)10(14,15)8(12)13/h1-4,8H. The van der Waals surface area contributed by atoms with E-state index in [1.807, 2.05) is 0 Å². The molecule has 90 valence electrons. The summed E-state index contributed by atoms with van der Waals surface area (Å²) in [6.45, 7) is 0. The Hall–Kier alpha value is -0.710. The lowest BCUT2D eigenvalue weighted by Crippen LogP contribution is -2.25. The molecule has 0 fully saturated rings. The molecule has 0 atom stereocenters. The Labute approximate surface area is 111 Å². The van der Waals surface area contributed by atoms with Crippen LogP contribution in [0, 0.1) is 0 Å². The van der Waals surface area contributed by atoms with Crippen molar-refractivity contribution in [2.24, 2.45) is 0 Å². The molecule has 1 aromatic carbocycles. The van der Waals surface area contributed by atoms with Crippen LogP contribution < -0.4 is 0 Å². The first kappa shape index (κ1) is 12.7. The van der Waals surface area contributed by atoms with Gasteiger partial charge in [0.25, 0.3) is 0 Å². The number of para-hydroxylation sites is 1. The van der Waals surface area contributed by atoms with Gasteiger partial charge in [-0.05, 0) is 12.1 Å². The van der Waals surface area contributed by atoms with Crippen molar-refractivity contribution in [3.05, 3.63) is 35.2 Å². The van der Waals surface area contributed by atoms with E-state index in [1.165, 1.54) is 0 Å². The molecule has 2 nitrogen and oxygen atoms in total. The normalized spacial score (nSPS) is 12.4. The average molecular weight is 298 g/mol. The SMILES string of the molecule is FC(F)(c1nc(Cl)c2ccccc2n1)C(Cl)Cl. The minimum absolute atomic E-state index is 0.0562. The van der Waals surface area contributed by atoms with Crippen LogP contribution in [0.25, 0.3) is 10.9 Å². The monoisotopic (exact) mass is 296 g/mol. The van der Waals surface area contributed by atoms with E-state index in [2.05, 4.69) is 9.97 Å². The third kappa shape index (κ3) is 2.30. The van der Waals surface area contributed by atoms with Gasteiger partial charge < -0.3 is 0 Å². The van der Waals surface area contributed by atoms with Gasteiger partial charge in [0.05, 0.1) is 5.52 Å². The van der Waals surface area contributed by atoms with Crippen LogP contribution in [-0.4, -0.2) is 14.8 Å². The lowest BCUT2D eigenvalue weighted by molar-refractivity contribution is 0.00160. The first-order chi connectivity index (χ1) is 7.93. The fourth-order valence-electron chi connectivity index (χ4n) is 1.28. The average Bonchev–Trinajstić information content (AvgIpc) is 2.28. The summed E-state index contributed by atoms with van der Waals surface area (Å²) in [5.41, 5.74) is 0.316. The number of nitrogens with zero attached hydrogens (tertiary/aromatic N) is 2. The highest BCUT2D eigenvalue weighted by molar-refractivity contribution is 6.45. The van der Waals surface area contributed by atoms with Gasteiger partial charge in [0, 0.05) is 5.39 Å². The van der Waals surface area contributed by atoms with Gasteiger partial charge in [-0.2, -0.15) is 8.78 Å². The molecule has 0 saturated heterocycles. The summed E-state index contributed by atoms with van der Waals surface area (Å²) in [7, 11) is 0. The predicted molar refractivity (Wildman–Crippen MR) is 63.9 cm³/mol. The highest BCUT2D eigenvalue weighted by Gasteiger charge is 2.43. The van der Waals surface area contributed by atoms with Crippen LogP contribution in [0.3, 0.4) is 0 Å². The molecule has 0 aliphatic carbocycles. The molecule has 0 radical (unpaired) electrons. The third-order valence-corrected chi connectivity index (χ3v) is 2.97. The summed E-state index contributed by atoms with van der Waals surface area (Å²) in [6, 6.07) is 6.56. The zero-order chi connectivity index (χ0) is 12.6. The van der Waals surface area contributed by atoms with Crippen LogP contribution in [0.1, 0.15) is 5.82 Å². The van der Waals surface area contributed by atoms with Gasteiger partial charge in [-0.1, -0.05) is 46.9 Å². The largest absolute Gasteiger partial charge is 0.336 e. The first-order valence-electron chi connectivity index (χ1n) is 4.51. The van der Waals surface area contributed by atoms with E-state index in [9.17, 15) is 8.78 Å². The molecule has 2 aromatic rings. The fraction of sp³-hybridized carbons (Fsp3) is 0.200. The van der Waals surface area contributed by atoms with Crippen molar-refractivity contribution in [1.82, 2.24) is 9.97 Å². The van der Waals surface area contributed by atoms with E-state index in [0.717, 1.165) is 0 Å². The number of hydrogen-bond donors (Lipinski definition) is 0. The molecule has 0 unspecified atom stereocenters. The van der Waals surface area contributed by atoms with Crippen LogP contribution in [0.5, 0.6) is 0 Å². The predicted octanol–water partition coefficient (Wildman–Crippen LogP) is 4.18. The Morgan fingerprint density at radius 3 is 2.41 bits per heavy atom. The van der Waals surface area contributed by atoms with Crippen molar-refractivity contribution >= 4 is 45.7 Å². The maximum Gasteiger partial charge on any atom is 0.336 e. The number of hydrogen-bond acceptors (Lipinski definition) is 2. The molecule has 0 aliphatic rings. The number of rotatable bonds is 2. The lowest BCUT2D eigenvalue weighted by Gasteiger charge is -2.16. The summed E-state index contributed by atoms with van der Waals surface area (Å²) in [4.78, 5) is 5.31. The zero-order valence-corrected chi connectivity index (χ0v) is 10.4. The molecule has 7 heteroatoms. The van der Waals surface area contributed by atoms with Crippen molar-refractivity contribution in [1.29, 1.82) is 0 Å². The van der Waals surface area contributed by atoms with Gasteiger partial charge >= 0.3 is 5.92 Å². The summed E-state index contributed by atoms with van der Waals surface area (Å²) in [5, 5.41) is 0.439. The molecule has 17 heavy (non-hydrogen) atoms. The number of aromatic nitrogens is 2. The highest BCUT2D eigenvalue weighted by Crippen LogP contribution is 2.36. The van der Waals surface area contributed by atoms with E-state index in [4.69, 9.17) is 34.8 Å². The van der Waals surface area contributed by atoms with Crippen molar-refractivity contribution < 1.29 is 8.78 Å². The second kappa shape index (κ2) is 4.52. The van der Waals surface area contributed by atoms with Gasteiger partial charge in [0.1, 0.15) is 5.15 Å². The van der Waals surface area contributed by atoms with E-state index < -0.39 is 16.6 Å². The topological polar surface area (TPSA) is 25.8 Å². The Morgan fingerprint density at radius 1 is 1.12 bits per heavy atom. The summed E-state index contributed by atoms with van der Waals surface area (Å²) in [6.07, 6.45) is 0. The molecule has 1 aromatic heterocycles. The second-order valence-corrected chi connectivity index (χ2v) is 4.73. The molecule has 1 heterocycles. The van der Waals surface area contributed by atoms with Gasteiger partial charge in [0.15, 0.2) is 4.84 Å².